The van der Waals surface area contributed by atoms with Crippen molar-refractivity contribution < 1.29 is 9.90 Å². The highest BCUT2D eigenvalue weighted by molar-refractivity contribution is 6.38. The first-order valence-corrected chi connectivity index (χ1v) is 7.66. The first kappa shape index (κ1) is 17.0. The van der Waals surface area contributed by atoms with Crippen LogP contribution in [-0.2, 0) is 4.79 Å². The lowest BCUT2D eigenvalue weighted by Gasteiger charge is -2.13. The summed E-state index contributed by atoms with van der Waals surface area (Å²) in [5, 5.41) is 15.5. The van der Waals surface area contributed by atoms with Crippen LogP contribution in [-0.4, -0.2) is 26.7 Å². The molecule has 8 nitrogen and oxygen atoms in total. The largest absolute Gasteiger partial charge is 0.494 e. The van der Waals surface area contributed by atoms with Crippen LogP contribution in [0.3, 0.4) is 0 Å². The van der Waals surface area contributed by atoms with E-state index in [2.05, 4.69) is 5.10 Å². The standard InChI is InChI=1S/C15H10Cl2N4O4/c1-6-8(5-9-12(22)18-15(25)19-13(9)23)14(24)21(20-6)11-4-7(16)2-3-10(11)17/h2-5H,1H3,(H3,18,19,22,23,25)/b8-5-. The van der Waals surface area contributed by atoms with Crippen LogP contribution < -0.4 is 16.3 Å². The van der Waals surface area contributed by atoms with Crippen LogP contribution >= 0.6 is 23.2 Å². The number of carbonyl (C=O) groups excluding carboxylic acids is 1. The fourth-order valence-electron chi connectivity index (χ4n) is 2.26. The highest BCUT2D eigenvalue weighted by Crippen LogP contribution is 2.33. The number of rotatable bonds is 2. The number of aromatic amines is 2. The normalized spacial score (nSPS) is 15.8. The summed E-state index contributed by atoms with van der Waals surface area (Å²) in [5.41, 5.74) is -1.33. The van der Waals surface area contributed by atoms with Crippen molar-refractivity contribution in [2.45, 2.75) is 6.92 Å². The fourth-order valence-corrected chi connectivity index (χ4v) is 2.62. The number of halogens is 2. The summed E-state index contributed by atoms with van der Waals surface area (Å²) in [6.07, 6.45) is 1.14. The van der Waals surface area contributed by atoms with Crippen molar-refractivity contribution in [3.05, 3.63) is 60.2 Å². The van der Waals surface area contributed by atoms with Gasteiger partial charge in [0.15, 0.2) is 0 Å². The number of H-pyrrole nitrogens is 2. The molecule has 0 saturated heterocycles. The summed E-state index contributed by atoms with van der Waals surface area (Å²) in [7, 11) is 0. The van der Waals surface area contributed by atoms with E-state index in [4.69, 9.17) is 23.2 Å². The van der Waals surface area contributed by atoms with Gasteiger partial charge in [-0.15, -0.1) is 0 Å². The van der Waals surface area contributed by atoms with Crippen molar-refractivity contribution in [3.8, 4) is 5.88 Å². The molecule has 10 heteroatoms. The molecule has 0 unspecified atom stereocenters. The molecule has 0 fully saturated rings. The Hall–Kier alpha value is -2.84. The van der Waals surface area contributed by atoms with E-state index in [1.54, 1.807) is 13.0 Å². The predicted molar refractivity (Wildman–Crippen MR) is 94.4 cm³/mol. The molecule has 0 atom stereocenters. The first-order chi connectivity index (χ1) is 11.8. The number of hydrazone groups is 1. The SMILES string of the molecule is CC1=NN(c2cc(Cl)ccc2Cl)C(=O)/C1=C\c1c(O)[nH]c(=O)[nH]c1=O. The number of aromatic hydroxyl groups is 1. The van der Waals surface area contributed by atoms with Gasteiger partial charge in [0.2, 0.25) is 5.88 Å². The van der Waals surface area contributed by atoms with Crippen molar-refractivity contribution in [1.82, 2.24) is 9.97 Å². The Morgan fingerprint density at radius 3 is 2.60 bits per heavy atom. The van der Waals surface area contributed by atoms with Gasteiger partial charge in [-0.2, -0.15) is 10.1 Å². The molecule has 128 valence electrons. The van der Waals surface area contributed by atoms with E-state index in [0.717, 1.165) is 11.1 Å². The van der Waals surface area contributed by atoms with E-state index in [1.807, 2.05) is 9.97 Å². The fraction of sp³-hybridized carbons (Fsp3) is 0.0667. The van der Waals surface area contributed by atoms with Crippen LogP contribution in [0.1, 0.15) is 12.5 Å². The topological polar surface area (TPSA) is 119 Å². The van der Waals surface area contributed by atoms with Crippen molar-refractivity contribution in [2.24, 2.45) is 5.10 Å². The van der Waals surface area contributed by atoms with E-state index in [-0.39, 0.29) is 21.8 Å². The molecule has 0 bridgehead atoms. The lowest BCUT2D eigenvalue weighted by atomic mass is 10.1. The van der Waals surface area contributed by atoms with Crippen LogP contribution in [0.4, 0.5) is 5.69 Å². The molecule has 2 heterocycles. The third-order valence-electron chi connectivity index (χ3n) is 3.45. The van der Waals surface area contributed by atoms with E-state index in [0.29, 0.717) is 10.7 Å². The van der Waals surface area contributed by atoms with Crippen molar-refractivity contribution in [2.75, 3.05) is 5.01 Å². The quantitative estimate of drug-likeness (QED) is 0.689. The number of nitrogens with one attached hydrogen (secondary N) is 2. The molecule has 1 aliphatic heterocycles. The highest BCUT2D eigenvalue weighted by atomic mass is 35.5. The number of aromatic nitrogens is 2. The number of hydrogen-bond donors (Lipinski definition) is 3. The third kappa shape index (κ3) is 3.09. The molecule has 1 aliphatic rings. The Morgan fingerprint density at radius 2 is 1.92 bits per heavy atom. The second-order valence-electron chi connectivity index (χ2n) is 5.13. The van der Waals surface area contributed by atoms with Crippen LogP contribution in [0.25, 0.3) is 6.08 Å². The van der Waals surface area contributed by atoms with Gasteiger partial charge >= 0.3 is 5.69 Å². The van der Waals surface area contributed by atoms with Gasteiger partial charge in [0, 0.05) is 5.02 Å². The molecule has 1 aromatic heterocycles. The predicted octanol–water partition coefficient (Wildman–Crippen LogP) is 1.88. The van der Waals surface area contributed by atoms with Gasteiger partial charge in [-0.3, -0.25) is 19.6 Å². The first-order valence-electron chi connectivity index (χ1n) is 6.90. The van der Waals surface area contributed by atoms with Gasteiger partial charge < -0.3 is 5.11 Å². The number of amides is 1. The Labute approximate surface area is 150 Å². The number of anilines is 1. The minimum atomic E-state index is -0.861. The van der Waals surface area contributed by atoms with E-state index < -0.39 is 23.0 Å². The summed E-state index contributed by atoms with van der Waals surface area (Å²) in [4.78, 5) is 39.6. The average Bonchev–Trinajstić information content (AvgIpc) is 2.80. The minimum Gasteiger partial charge on any atom is -0.494 e. The molecule has 0 saturated carbocycles. The van der Waals surface area contributed by atoms with Crippen LogP contribution in [0.5, 0.6) is 5.88 Å². The van der Waals surface area contributed by atoms with Gasteiger partial charge in [-0.1, -0.05) is 23.2 Å². The van der Waals surface area contributed by atoms with Crippen molar-refractivity contribution in [1.29, 1.82) is 0 Å². The molecule has 1 amide bonds. The third-order valence-corrected chi connectivity index (χ3v) is 4.00. The summed E-state index contributed by atoms with van der Waals surface area (Å²) in [6.45, 7) is 1.55. The molecule has 0 aliphatic carbocycles. The van der Waals surface area contributed by atoms with Crippen molar-refractivity contribution >= 4 is 46.6 Å². The molecule has 3 rings (SSSR count). The monoisotopic (exact) mass is 380 g/mol. The van der Waals surface area contributed by atoms with Crippen LogP contribution in [0, 0.1) is 0 Å². The Kier molecular flexibility index (Phi) is 4.23. The Bertz CT molecular complexity index is 1070. The maximum Gasteiger partial charge on any atom is 0.328 e. The molecule has 25 heavy (non-hydrogen) atoms. The number of benzene rings is 1. The zero-order chi connectivity index (χ0) is 18.3. The van der Waals surface area contributed by atoms with Crippen LogP contribution in [0.2, 0.25) is 10.0 Å². The van der Waals surface area contributed by atoms with E-state index >= 15 is 0 Å². The summed E-state index contributed by atoms with van der Waals surface area (Å²) in [6, 6.07) is 4.57. The average molecular weight is 381 g/mol. The molecule has 3 N–H and O–H groups in total. The van der Waals surface area contributed by atoms with Crippen molar-refractivity contribution in [3.63, 3.8) is 0 Å². The Balaban J connectivity index is 2.09. The second-order valence-corrected chi connectivity index (χ2v) is 5.97. The second kappa shape index (κ2) is 6.23. The minimum absolute atomic E-state index is 0.0592. The molecule has 0 spiro atoms. The maximum absolute atomic E-state index is 12.6. The smallest absolute Gasteiger partial charge is 0.328 e. The zero-order valence-corrected chi connectivity index (χ0v) is 14.1. The Morgan fingerprint density at radius 1 is 1.20 bits per heavy atom. The van der Waals surface area contributed by atoms with Gasteiger partial charge in [-0.05, 0) is 31.2 Å². The van der Waals surface area contributed by atoms with Gasteiger partial charge in [0.1, 0.15) is 5.56 Å². The highest BCUT2D eigenvalue weighted by Gasteiger charge is 2.30. The van der Waals surface area contributed by atoms with E-state index in [1.165, 1.54) is 12.1 Å². The summed E-state index contributed by atoms with van der Waals surface area (Å²) < 4.78 is 0. The van der Waals surface area contributed by atoms with Gasteiger partial charge in [0.05, 0.1) is 22.0 Å². The number of carbonyl (C=O) groups is 1. The zero-order valence-electron chi connectivity index (χ0n) is 12.6. The van der Waals surface area contributed by atoms with E-state index in [9.17, 15) is 19.5 Å². The lowest BCUT2D eigenvalue weighted by Crippen LogP contribution is -2.25. The maximum atomic E-state index is 12.6. The van der Waals surface area contributed by atoms with Crippen LogP contribution in [0.15, 0.2) is 38.5 Å². The summed E-state index contributed by atoms with van der Waals surface area (Å²) in [5.74, 6) is -1.22. The lowest BCUT2D eigenvalue weighted by molar-refractivity contribution is -0.114. The van der Waals surface area contributed by atoms with Gasteiger partial charge in [0.25, 0.3) is 11.5 Å². The molecule has 1 aromatic carbocycles. The van der Waals surface area contributed by atoms with Gasteiger partial charge in [-0.25, -0.2) is 4.79 Å². The number of hydrogen-bond acceptors (Lipinski definition) is 5. The number of nitrogens with zero attached hydrogens (tertiary/aromatic N) is 2. The molecule has 0 radical (unpaired) electrons. The molecule has 2 aromatic rings. The summed E-state index contributed by atoms with van der Waals surface area (Å²) >= 11 is 12.0. The molecular weight excluding hydrogens is 371 g/mol. The molecular formula is C15H10Cl2N4O4.